The number of hydrogen-bond acceptors (Lipinski definition) is 2. The van der Waals surface area contributed by atoms with E-state index in [1.54, 1.807) is 0 Å². The molecule has 1 atom stereocenters. The van der Waals surface area contributed by atoms with E-state index in [1.165, 1.54) is 12.1 Å². The summed E-state index contributed by atoms with van der Waals surface area (Å²) in [4.78, 5) is 2.24. The quantitative estimate of drug-likeness (QED) is 0.818. The molecular formula is C15H24F2N2. The first kappa shape index (κ1) is 16.1. The summed E-state index contributed by atoms with van der Waals surface area (Å²) >= 11 is 0. The molecule has 0 aliphatic rings. The second-order valence-electron chi connectivity index (χ2n) is 5.49. The van der Waals surface area contributed by atoms with E-state index >= 15 is 0 Å². The predicted octanol–water partition coefficient (Wildman–Crippen LogP) is 3.20. The Kier molecular flexibility index (Phi) is 6.38. The number of nitrogens with zero attached hydrogens (tertiary/aromatic N) is 1. The van der Waals surface area contributed by atoms with Crippen LogP contribution < -0.4 is 5.32 Å². The van der Waals surface area contributed by atoms with Crippen molar-refractivity contribution in [3.8, 4) is 0 Å². The Hall–Kier alpha value is -1.00. The van der Waals surface area contributed by atoms with Crippen LogP contribution in [0.1, 0.15) is 31.9 Å². The molecule has 19 heavy (non-hydrogen) atoms. The minimum atomic E-state index is -0.522. The third-order valence-electron chi connectivity index (χ3n) is 3.11. The van der Waals surface area contributed by atoms with Gasteiger partial charge in [-0.15, -0.1) is 0 Å². The summed E-state index contributed by atoms with van der Waals surface area (Å²) in [5.41, 5.74) is 0.665. The normalized spacial score (nSPS) is 13.3. The van der Waals surface area contributed by atoms with Crippen LogP contribution in [0.2, 0.25) is 0 Å². The highest BCUT2D eigenvalue weighted by Crippen LogP contribution is 2.19. The van der Waals surface area contributed by atoms with E-state index in [0.29, 0.717) is 11.5 Å². The zero-order chi connectivity index (χ0) is 14.4. The standard InChI is InChI=1S/C15H24F2N2/c1-11(2)10-19(4)6-5-15(18-3)12-7-13(16)9-14(17)8-12/h7-9,11,15,18H,5-6,10H2,1-4H3. The molecule has 0 aliphatic carbocycles. The van der Waals surface area contributed by atoms with Gasteiger partial charge in [0.2, 0.25) is 0 Å². The van der Waals surface area contributed by atoms with Gasteiger partial charge in [-0.1, -0.05) is 13.8 Å². The van der Waals surface area contributed by atoms with Crippen LogP contribution in [0.5, 0.6) is 0 Å². The Morgan fingerprint density at radius 2 is 1.74 bits per heavy atom. The molecule has 0 amide bonds. The van der Waals surface area contributed by atoms with Crippen molar-refractivity contribution in [3.05, 3.63) is 35.4 Å². The SMILES string of the molecule is CNC(CCN(C)CC(C)C)c1cc(F)cc(F)c1. The van der Waals surface area contributed by atoms with Crippen LogP contribution in [0.4, 0.5) is 8.78 Å². The average Bonchev–Trinajstić information content (AvgIpc) is 2.27. The Labute approximate surface area is 114 Å². The molecule has 1 N–H and O–H groups in total. The van der Waals surface area contributed by atoms with E-state index in [1.807, 2.05) is 7.05 Å². The molecule has 0 spiro atoms. The molecule has 108 valence electrons. The Bertz CT molecular complexity index is 373. The molecular weight excluding hydrogens is 246 g/mol. The van der Waals surface area contributed by atoms with Crippen molar-refractivity contribution in [1.82, 2.24) is 10.2 Å². The highest BCUT2D eigenvalue weighted by molar-refractivity contribution is 5.21. The molecule has 0 saturated carbocycles. The van der Waals surface area contributed by atoms with Crippen LogP contribution in [-0.4, -0.2) is 32.1 Å². The third-order valence-corrected chi connectivity index (χ3v) is 3.11. The van der Waals surface area contributed by atoms with Gasteiger partial charge in [-0.05, 0) is 50.7 Å². The molecule has 0 radical (unpaired) electrons. The maximum Gasteiger partial charge on any atom is 0.126 e. The first-order chi connectivity index (χ1) is 8.92. The fraction of sp³-hybridized carbons (Fsp3) is 0.600. The topological polar surface area (TPSA) is 15.3 Å². The summed E-state index contributed by atoms with van der Waals surface area (Å²) in [6.45, 7) is 6.26. The molecule has 1 unspecified atom stereocenters. The Morgan fingerprint density at radius 3 is 2.21 bits per heavy atom. The molecule has 0 bridgehead atoms. The minimum Gasteiger partial charge on any atom is -0.313 e. The van der Waals surface area contributed by atoms with Crippen molar-refractivity contribution in [2.75, 3.05) is 27.2 Å². The first-order valence-electron chi connectivity index (χ1n) is 6.74. The summed E-state index contributed by atoms with van der Waals surface area (Å²) in [7, 11) is 3.88. The molecule has 0 aliphatic heterocycles. The van der Waals surface area contributed by atoms with Gasteiger partial charge in [-0.3, -0.25) is 0 Å². The zero-order valence-corrected chi connectivity index (χ0v) is 12.2. The number of nitrogens with one attached hydrogen (secondary N) is 1. The van der Waals surface area contributed by atoms with Crippen LogP contribution in [0.25, 0.3) is 0 Å². The molecule has 2 nitrogen and oxygen atoms in total. The molecule has 1 rings (SSSR count). The number of hydrogen-bond donors (Lipinski definition) is 1. The van der Waals surface area contributed by atoms with Gasteiger partial charge in [0.25, 0.3) is 0 Å². The summed E-state index contributed by atoms with van der Waals surface area (Å²) in [5, 5.41) is 3.12. The van der Waals surface area contributed by atoms with Gasteiger partial charge in [0.05, 0.1) is 0 Å². The van der Waals surface area contributed by atoms with Crippen LogP contribution in [0.3, 0.4) is 0 Å². The molecule has 4 heteroatoms. The molecule has 0 saturated heterocycles. The van der Waals surface area contributed by atoms with E-state index in [9.17, 15) is 8.78 Å². The predicted molar refractivity (Wildman–Crippen MR) is 75.1 cm³/mol. The second-order valence-corrected chi connectivity index (χ2v) is 5.49. The van der Waals surface area contributed by atoms with Crippen molar-refractivity contribution >= 4 is 0 Å². The van der Waals surface area contributed by atoms with Crippen LogP contribution in [0, 0.1) is 17.6 Å². The van der Waals surface area contributed by atoms with E-state index in [0.717, 1.165) is 25.6 Å². The minimum absolute atomic E-state index is 0.0280. The highest BCUT2D eigenvalue weighted by Gasteiger charge is 2.13. The Balaban J connectivity index is 2.62. The van der Waals surface area contributed by atoms with Gasteiger partial charge in [0.1, 0.15) is 11.6 Å². The largest absolute Gasteiger partial charge is 0.313 e. The molecule has 1 aromatic carbocycles. The summed E-state index contributed by atoms with van der Waals surface area (Å²) < 4.78 is 26.4. The van der Waals surface area contributed by atoms with Crippen molar-refractivity contribution in [2.24, 2.45) is 5.92 Å². The van der Waals surface area contributed by atoms with Crippen molar-refractivity contribution in [1.29, 1.82) is 0 Å². The van der Waals surface area contributed by atoms with Crippen LogP contribution in [-0.2, 0) is 0 Å². The lowest BCUT2D eigenvalue weighted by Gasteiger charge is -2.23. The van der Waals surface area contributed by atoms with Crippen molar-refractivity contribution < 1.29 is 8.78 Å². The molecule has 0 heterocycles. The number of rotatable bonds is 7. The fourth-order valence-corrected chi connectivity index (χ4v) is 2.32. The molecule has 0 fully saturated rings. The summed E-state index contributed by atoms with van der Waals surface area (Å²) in [5.74, 6) is -0.429. The van der Waals surface area contributed by atoms with Gasteiger partial charge in [-0.2, -0.15) is 0 Å². The van der Waals surface area contributed by atoms with Crippen molar-refractivity contribution in [2.45, 2.75) is 26.3 Å². The monoisotopic (exact) mass is 270 g/mol. The first-order valence-corrected chi connectivity index (χ1v) is 6.74. The lowest BCUT2D eigenvalue weighted by molar-refractivity contribution is 0.279. The summed E-state index contributed by atoms with van der Waals surface area (Å²) in [6, 6.07) is 3.67. The van der Waals surface area contributed by atoms with Gasteiger partial charge < -0.3 is 10.2 Å². The second kappa shape index (κ2) is 7.56. The lowest BCUT2D eigenvalue weighted by atomic mass is 10.0. The maximum absolute atomic E-state index is 13.2. The van der Waals surface area contributed by atoms with E-state index in [4.69, 9.17) is 0 Å². The summed E-state index contributed by atoms with van der Waals surface area (Å²) in [6.07, 6.45) is 0.822. The average molecular weight is 270 g/mol. The highest BCUT2D eigenvalue weighted by atomic mass is 19.1. The van der Waals surface area contributed by atoms with Gasteiger partial charge >= 0.3 is 0 Å². The van der Waals surface area contributed by atoms with E-state index in [2.05, 4.69) is 31.1 Å². The van der Waals surface area contributed by atoms with Crippen LogP contribution in [0.15, 0.2) is 18.2 Å². The fourth-order valence-electron chi connectivity index (χ4n) is 2.32. The van der Waals surface area contributed by atoms with Crippen LogP contribution >= 0.6 is 0 Å². The third kappa shape index (κ3) is 5.66. The van der Waals surface area contributed by atoms with Gasteiger partial charge in [0, 0.05) is 18.7 Å². The number of halogens is 2. The van der Waals surface area contributed by atoms with E-state index < -0.39 is 11.6 Å². The van der Waals surface area contributed by atoms with Gasteiger partial charge in [0.15, 0.2) is 0 Å². The lowest BCUT2D eigenvalue weighted by Crippen LogP contribution is -2.28. The Morgan fingerprint density at radius 1 is 1.16 bits per heavy atom. The van der Waals surface area contributed by atoms with Crippen molar-refractivity contribution in [3.63, 3.8) is 0 Å². The zero-order valence-electron chi connectivity index (χ0n) is 12.2. The van der Waals surface area contributed by atoms with Gasteiger partial charge in [-0.25, -0.2) is 8.78 Å². The smallest absolute Gasteiger partial charge is 0.126 e. The number of benzene rings is 1. The molecule has 1 aromatic rings. The maximum atomic E-state index is 13.2. The molecule has 0 aromatic heterocycles. The van der Waals surface area contributed by atoms with E-state index in [-0.39, 0.29) is 6.04 Å².